The topological polar surface area (TPSA) is 84.5 Å². The number of carbonyl (C=O) groups excluding carboxylic acids is 3. The lowest BCUT2D eigenvalue weighted by Crippen LogP contribution is -2.44. The minimum Gasteiger partial charge on any atom is -0.452 e. The molecule has 0 aliphatic carbocycles. The van der Waals surface area contributed by atoms with Crippen LogP contribution in [0.4, 0.5) is 4.79 Å². The number of nitrogens with one attached hydrogen (secondary N) is 2. The Morgan fingerprint density at radius 3 is 2.60 bits per heavy atom. The summed E-state index contributed by atoms with van der Waals surface area (Å²) in [4.78, 5) is 34.2. The highest BCUT2D eigenvalue weighted by Crippen LogP contribution is 2.11. The third-order valence-electron chi connectivity index (χ3n) is 2.07. The Morgan fingerprint density at radius 2 is 2.00 bits per heavy atom. The molecule has 0 spiro atoms. The van der Waals surface area contributed by atoms with Gasteiger partial charge in [0.1, 0.15) is 0 Å². The lowest BCUT2D eigenvalue weighted by Gasteiger charge is -2.09. The first-order valence-corrected chi connectivity index (χ1v) is 6.29. The zero-order valence-electron chi connectivity index (χ0n) is 11.1. The van der Waals surface area contributed by atoms with Gasteiger partial charge in [-0.3, -0.25) is 10.1 Å². The van der Waals surface area contributed by atoms with Crippen molar-refractivity contribution in [3.63, 3.8) is 0 Å². The van der Waals surface area contributed by atoms with Gasteiger partial charge in [0.05, 0.1) is 5.56 Å². The van der Waals surface area contributed by atoms with E-state index in [1.54, 1.807) is 26.0 Å². The predicted molar refractivity (Wildman–Crippen MR) is 73.5 cm³/mol. The molecule has 0 aliphatic heterocycles. The highest BCUT2D eigenvalue weighted by molar-refractivity contribution is 6.30. The van der Waals surface area contributed by atoms with E-state index < -0.39 is 24.5 Å². The molecule has 0 saturated heterocycles. The standard InChI is InChI=1S/C13H15ClN2O4/c1-8(2)15-13(19)16-11(17)7-20-12(18)9-4-3-5-10(14)6-9/h3-6,8H,7H2,1-2H3,(H2,15,16,17,19). The molecule has 0 fully saturated rings. The number of hydrogen-bond donors (Lipinski definition) is 2. The molecule has 0 saturated carbocycles. The Labute approximate surface area is 121 Å². The second-order valence-electron chi connectivity index (χ2n) is 4.26. The number of esters is 1. The average molecular weight is 299 g/mol. The lowest BCUT2D eigenvalue weighted by atomic mass is 10.2. The van der Waals surface area contributed by atoms with Crippen LogP contribution in [0.3, 0.4) is 0 Å². The minimum absolute atomic E-state index is 0.100. The zero-order valence-corrected chi connectivity index (χ0v) is 11.9. The largest absolute Gasteiger partial charge is 0.452 e. The van der Waals surface area contributed by atoms with Crippen molar-refractivity contribution in [2.24, 2.45) is 0 Å². The first kappa shape index (κ1) is 16.0. The summed E-state index contributed by atoms with van der Waals surface area (Å²) in [5.74, 6) is -1.40. The summed E-state index contributed by atoms with van der Waals surface area (Å²) in [7, 11) is 0. The summed E-state index contributed by atoms with van der Waals surface area (Å²) in [6, 6.07) is 5.40. The van der Waals surface area contributed by atoms with E-state index in [9.17, 15) is 14.4 Å². The van der Waals surface area contributed by atoms with Gasteiger partial charge in [-0.2, -0.15) is 0 Å². The zero-order chi connectivity index (χ0) is 15.1. The SMILES string of the molecule is CC(C)NC(=O)NC(=O)COC(=O)c1cccc(Cl)c1. The van der Waals surface area contributed by atoms with E-state index in [2.05, 4.69) is 5.32 Å². The summed E-state index contributed by atoms with van der Waals surface area (Å²) in [6.07, 6.45) is 0. The van der Waals surface area contributed by atoms with Crippen LogP contribution in [-0.2, 0) is 9.53 Å². The predicted octanol–water partition coefficient (Wildman–Crippen LogP) is 1.73. The van der Waals surface area contributed by atoms with Gasteiger partial charge in [-0.1, -0.05) is 17.7 Å². The molecule has 0 unspecified atom stereocenters. The van der Waals surface area contributed by atoms with Crippen LogP contribution in [0.1, 0.15) is 24.2 Å². The molecular formula is C13H15ClN2O4. The molecule has 1 rings (SSSR count). The van der Waals surface area contributed by atoms with E-state index in [0.717, 1.165) is 0 Å². The van der Waals surface area contributed by atoms with E-state index in [-0.39, 0.29) is 11.6 Å². The molecule has 1 aromatic carbocycles. The Balaban J connectivity index is 2.41. The number of ether oxygens (including phenoxy) is 1. The monoisotopic (exact) mass is 298 g/mol. The van der Waals surface area contributed by atoms with E-state index in [1.165, 1.54) is 12.1 Å². The first-order chi connectivity index (χ1) is 9.38. The third-order valence-corrected chi connectivity index (χ3v) is 2.30. The third kappa shape index (κ3) is 5.71. The summed E-state index contributed by atoms with van der Waals surface area (Å²) in [5, 5.41) is 4.90. The number of rotatable bonds is 4. The average Bonchev–Trinajstić information content (AvgIpc) is 2.34. The van der Waals surface area contributed by atoms with Gasteiger partial charge >= 0.3 is 12.0 Å². The van der Waals surface area contributed by atoms with E-state index >= 15 is 0 Å². The smallest absolute Gasteiger partial charge is 0.338 e. The van der Waals surface area contributed by atoms with Crippen molar-refractivity contribution >= 4 is 29.5 Å². The molecule has 0 atom stereocenters. The Bertz CT molecular complexity index is 517. The molecule has 3 amide bonds. The number of imide groups is 1. The van der Waals surface area contributed by atoms with Gasteiger partial charge in [0, 0.05) is 11.1 Å². The Hall–Kier alpha value is -2.08. The number of carbonyl (C=O) groups is 3. The Kier molecular flexibility index (Phi) is 5.99. The van der Waals surface area contributed by atoms with Gasteiger partial charge in [0.25, 0.3) is 5.91 Å². The molecular weight excluding hydrogens is 284 g/mol. The molecule has 1 aromatic rings. The fraction of sp³-hybridized carbons (Fsp3) is 0.308. The van der Waals surface area contributed by atoms with Crippen LogP contribution in [0.2, 0.25) is 5.02 Å². The second-order valence-corrected chi connectivity index (χ2v) is 4.70. The van der Waals surface area contributed by atoms with Crippen LogP contribution < -0.4 is 10.6 Å². The first-order valence-electron chi connectivity index (χ1n) is 5.91. The van der Waals surface area contributed by atoms with Crippen molar-refractivity contribution in [2.45, 2.75) is 19.9 Å². The van der Waals surface area contributed by atoms with Gasteiger partial charge in [0.2, 0.25) is 0 Å². The fourth-order valence-electron chi connectivity index (χ4n) is 1.29. The molecule has 108 valence electrons. The molecule has 0 aliphatic rings. The lowest BCUT2D eigenvalue weighted by molar-refractivity contribution is -0.123. The highest BCUT2D eigenvalue weighted by atomic mass is 35.5. The summed E-state index contributed by atoms with van der Waals surface area (Å²) < 4.78 is 4.76. The van der Waals surface area contributed by atoms with Crippen molar-refractivity contribution in [2.75, 3.05) is 6.61 Å². The summed E-state index contributed by atoms with van der Waals surface area (Å²) in [6.45, 7) is 2.96. The van der Waals surface area contributed by atoms with Gasteiger partial charge in [-0.05, 0) is 32.0 Å². The molecule has 0 bridgehead atoms. The van der Waals surface area contributed by atoms with Crippen molar-refractivity contribution < 1.29 is 19.1 Å². The van der Waals surface area contributed by atoms with E-state index in [4.69, 9.17) is 16.3 Å². The second kappa shape index (κ2) is 7.49. The van der Waals surface area contributed by atoms with Crippen LogP contribution >= 0.6 is 11.6 Å². The van der Waals surface area contributed by atoms with Crippen LogP contribution in [0.5, 0.6) is 0 Å². The number of halogens is 1. The van der Waals surface area contributed by atoms with Crippen molar-refractivity contribution in [1.82, 2.24) is 10.6 Å². The molecule has 0 aromatic heterocycles. The summed E-state index contributed by atoms with van der Waals surface area (Å²) >= 11 is 5.73. The van der Waals surface area contributed by atoms with Gasteiger partial charge in [0.15, 0.2) is 6.61 Å². The molecule has 7 heteroatoms. The normalized spacial score (nSPS) is 10.0. The fourth-order valence-corrected chi connectivity index (χ4v) is 1.48. The molecule has 2 N–H and O–H groups in total. The number of benzene rings is 1. The molecule has 20 heavy (non-hydrogen) atoms. The van der Waals surface area contributed by atoms with Crippen LogP contribution in [0.15, 0.2) is 24.3 Å². The minimum atomic E-state index is -0.710. The molecule has 0 radical (unpaired) electrons. The van der Waals surface area contributed by atoms with Crippen LogP contribution in [-0.4, -0.2) is 30.6 Å². The van der Waals surface area contributed by atoms with Crippen LogP contribution in [0.25, 0.3) is 0 Å². The maximum absolute atomic E-state index is 11.6. The maximum Gasteiger partial charge on any atom is 0.338 e. The van der Waals surface area contributed by atoms with E-state index in [0.29, 0.717) is 5.02 Å². The molecule has 6 nitrogen and oxygen atoms in total. The van der Waals surface area contributed by atoms with E-state index in [1.807, 2.05) is 5.32 Å². The highest BCUT2D eigenvalue weighted by Gasteiger charge is 2.12. The Morgan fingerprint density at radius 1 is 1.30 bits per heavy atom. The molecule has 0 heterocycles. The van der Waals surface area contributed by atoms with Crippen molar-refractivity contribution in [3.8, 4) is 0 Å². The van der Waals surface area contributed by atoms with Crippen molar-refractivity contribution in [1.29, 1.82) is 0 Å². The maximum atomic E-state index is 11.6. The number of hydrogen-bond acceptors (Lipinski definition) is 4. The number of amides is 3. The van der Waals surface area contributed by atoms with Crippen molar-refractivity contribution in [3.05, 3.63) is 34.9 Å². The van der Waals surface area contributed by atoms with Gasteiger partial charge in [-0.25, -0.2) is 9.59 Å². The number of urea groups is 1. The van der Waals surface area contributed by atoms with Gasteiger partial charge in [-0.15, -0.1) is 0 Å². The quantitative estimate of drug-likeness (QED) is 0.829. The summed E-state index contributed by atoms with van der Waals surface area (Å²) in [5.41, 5.74) is 0.233. The van der Waals surface area contributed by atoms with Gasteiger partial charge < -0.3 is 10.1 Å². The van der Waals surface area contributed by atoms with Crippen LogP contribution in [0, 0.1) is 0 Å².